The van der Waals surface area contributed by atoms with Crippen molar-refractivity contribution in [2.75, 3.05) is 11.4 Å². The summed E-state index contributed by atoms with van der Waals surface area (Å²) < 4.78 is 0. The van der Waals surface area contributed by atoms with E-state index in [0.29, 0.717) is 12.0 Å². The normalized spacial score (nSPS) is 24.8. The molecule has 0 spiro atoms. The molecule has 2 unspecified atom stereocenters. The van der Waals surface area contributed by atoms with E-state index in [1.54, 1.807) is 6.07 Å². The number of aromatic nitrogens is 2. The lowest BCUT2D eigenvalue weighted by Gasteiger charge is -2.21. The predicted octanol–water partition coefficient (Wildman–Crippen LogP) is 1.41. The van der Waals surface area contributed by atoms with Crippen LogP contribution < -0.4 is 4.90 Å². The van der Waals surface area contributed by atoms with Crippen molar-refractivity contribution < 1.29 is 9.90 Å². The molecule has 0 bridgehead atoms. The van der Waals surface area contributed by atoms with Crippen molar-refractivity contribution in [3.8, 4) is 0 Å². The summed E-state index contributed by atoms with van der Waals surface area (Å²) >= 11 is 0. The van der Waals surface area contributed by atoms with Crippen molar-refractivity contribution in [1.82, 2.24) is 10.2 Å². The van der Waals surface area contributed by atoms with Gasteiger partial charge in [-0.3, -0.25) is 0 Å². The fourth-order valence-corrected chi connectivity index (χ4v) is 2.21. The van der Waals surface area contributed by atoms with Gasteiger partial charge in [0.1, 0.15) is 0 Å². The molecule has 1 aliphatic heterocycles. The number of carboxylic acid groups (broad SMARTS) is 1. The zero-order chi connectivity index (χ0) is 11.7. The molecule has 2 atom stereocenters. The summed E-state index contributed by atoms with van der Waals surface area (Å²) in [5.41, 5.74) is -0.0105. The van der Waals surface area contributed by atoms with E-state index in [4.69, 9.17) is 5.11 Å². The average molecular weight is 221 g/mol. The van der Waals surface area contributed by atoms with Crippen LogP contribution in [0, 0.1) is 5.92 Å². The standard InChI is InChI=1S/C11H15N3O2/c1-7-5-8(2)14(6-7)10-4-3-9(11(15)16)12-13-10/h3-4,7-8H,5-6H2,1-2H3,(H,15,16). The van der Waals surface area contributed by atoms with Crippen LogP contribution >= 0.6 is 0 Å². The minimum Gasteiger partial charge on any atom is -0.476 e. The molecular weight excluding hydrogens is 206 g/mol. The Kier molecular flexibility index (Phi) is 2.77. The molecule has 5 heteroatoms. The smallest absolute Gasteiger partial charge is 0.356 e. The Morgan fingerprint density at radius 2 is 2.19 bits per heavy atom. The number of nitrogens with zero attached hydrogens (tertiary/aromatic N) is 3. The second kappa shape index (κ2) is 4.08. The van der Waals surface area contributed by atoms with Crippen molar-refractivity contribution in [3.63, 3.8) is 0 Å². The van der Waals surface area contributed by atoms with Crippen LogP contribution in [0.15, 0.2) is 12.1 Å². The van der Waals surface area contributed by atoms with E-state index in [2.05, 4.69) is 28.9 Å². The van der Waals surface area contributed by atoms with Crippen LogP contribution in [0.3, 0.4) is 0 Å². The number of carbonyl (C=O) groups is 1. The van der Waals surface area contributed by atoms with E-state index in [-0.39, 0.29) is 5.69 Å². The lowest BCUT2D eigenvalue weighted by molar-refractivity contribution is 0.0689. The molecule has 86 valence electrons. The highest BCUT2D eigenvalue weighted by molar-refractivity contribution is 5.85. The highest BCUT2D eigenvalue weighted by Gasteiger charge is 2.27. The number of hydrogen-bond acceptors (Lipinski definition) is 4. The average Bonchev–Trinajstić information content (AvgIpc) is 2.58. The van der Waals surface area contributed by atoms with E-state index in [0.717, 1.165) is 18.8 Å². The second-order valence-electron chi connectivity index (χ2n) is 4.42. The second-order valence-corrected chi connectivity index (χ2v) is 4.42. The zero-order valence-electron chi connectivity index (χ0n) is 9.42. The van der Waals surface area contributed by atoms with Crippen molar-refractivity contribution in [3.05, 3.63) is 17.8 Å². The maximum atomic E-state index is 10.6. The van der Waals surface area contributed by atoms with Crippen molar-refractivity contribution >= 4 is 11.8 Å². The maximum absolute atomic E-state index is 10.6. The molecule has 0 amide bonds. The third-order valence-electron chi connectivity index (χ3n) is 2.95. The lowest BCUT2D eigenvalue weighted by Crippen LogP contribution is -2.28. The van der Waals surface area contributed by atoms with Crippen LogP contribution in [0.25, 0.3) is 0 Å². The summed E-state index contributed by atoms with van der Waals surface area (Å²) in [7, 11) is 0. The Balaban J connectivity index is 2.19. The number of hydrogen-bond donors (Lipinski definition) is 1. The molecule has 1 aliphatic rings. The van der Waals surface area contributed by atoms with Gasteiger partial charge in [-0.1, -0.05) is 6.92 Å². The molecule has 1 aromatic heterocycles. The van der Waals surface area contributed by atoms with Gasteiger partial charge in [0.2, 0.25) is 0 Å². The largest absolute Gasteiger partial charge is 0.476 e. The van der Waals surface area contributed by atoms with Crippen LogP contribution in [-0.2, 0) is 0 Å². The summed E-state index contributed by atoms with van der Waals surface area (Å²) in [5, 5.41) is 16.4. The fraction of sp³-hybridized carbons (Fsp3) is 0.545. The molecule has 1 N–H and O–H groups in total. The molecule has 1 fully saturated rings. The number of aromatic carboxylic acids is 1. The van der Waals surface area contributed by atoms with Crippen LogP contribution in [0.5, 0.6) is 0 Å². The Labute approximate surface area is 94.1 Å². The number of anilines is 1. The minimum absolute atomic E-state index is 0.0105. The van der Waals surface area contributed by atoms with E-state index < -0.39 is 5.97 Å². The first-order valence-electron chi connectivity index (χ1n) is 5.41. The number of carboxylic acids is 1. The molecule has 5 nitrogen and oxygen atoms in total. The third kappa shape index (κ3) is 1.98. The van der Waals surface area contributed by atoms with Crippen molar-refractivity contribution in [2.24, 2.45) is 5.92 Å². The highest BCUT2D eigenvalue weighted by Crippen LogP contribution is 2.26. The third-order valence-corrected chi connectivity index (χ3v) is 2.95. The lowest BCUT2D eigenvalue weighted by atomic mass is 10.1. The molecule has 0 saturated carbocycles. The Hall–Kier alpha value is -1.65. The molecule has 1 saturated heterocycles. The molecule has 0 aliphatic carbocycles. The van der Waals surface area contributed by atoms with Gasteiger partial charge < -0.3 is 10.0 Å². The van der Waals surface area contributed by atoms with E-state index in [1.807, 2.05) is 0 Å². The minimum atomic E-state index is -1.04. The molecule has 2 rings (SSSR count). The van der Waals surface area contributed by atoms with E-state index >= 15 is 0 Å². The maximum Gasteiger partial charge on any atom is 0.356 e. The molecule has 0 radical (unpaired) electrons. The van der Waals surface area contributed by atoms with Gasteiger partial charge in [0, 0.05) is 12.6 Å². The van der Waals surface area contributed by atoms with Crippen molar-refractivity contribution in [1.29, 1.82) is 0 Å². The number of rotatable bonds is 2. The van der Waals surface area contributed by atoms with Crippen LogP contribution in [0.1, 0.15) is 30.8 Å². The summed E-state index contributed by atoms with van der Waals surface area (Å²) in [6.45, 7) is 5.31. The Morgan fingerprint density at radius 1 is 1.44 bits per heavy atom. The fourth-order valence-electron chi connectivity index (χ4n) is 2.21. The van der Waals surface area contributed by atoms with Gasteiger partial charge in [-0.2, -0.15) is 0 Å². The molecule has 0 aromatic carbocycles. The van der Waals surface area contributed by atoms with E-state index in [9.17, 15) is 4.79 Å². The van der Waals surface area contributed by atoms with Gasteiger partial charge in [-0.05, 0) is 31.4 Å². The van der Waals surface area contributed by atoms with Gasteiger partial charge in [0.15, 0.2) is 11.5 Å². The molecular formula is C11H15N3O2. The molecule has 2 heterocycles. The monoisotopic (exact) mass is 221 g/mol. The van der Waals surface area contributed by atoms with Gasteiger partial charge >= 0.3 is 5.97 Å². The first kappa shape index (κ1) is 10.9. The molecule has 1 aromatic rings. The highest BCUT2D eigenvalue weighted by atomic mass is 16.4. The van der Waals surface area contributed by atoms with Gasteiger partial charge in [0.25, 0.3) is 0 Å². The van der Waals surface area contributed by atoms with Crippen LogP contribution in [-0.4, -0.2) is 33.9 Å². The Morgan fingerprint density at radius 3 is 2.62 bits per heavy atom. The van der Waals surface area contributed by atoms with E-state index in [1.165, 1.54) is 6.07 Å². The van der Waals surface area contributed by atoms with Crippen molar-refractivity contribution in [2.45, 2.75) is 26.3 Å². The summed E-state index contributed by atoms with van der Waals surface area (Å²) in [6.07, 6.45) is 1.14. The summed E-state index contributed by atoms with van der Waals surface area (Å²) in [6, 6.07) is 3.67. The quantitative estimate of drug-likeness (QED) is 0.817. The van der Waals surface area contributed by atoms with Gasteiger partial charge in [-0.25, -0.2) is 4.79 Å². The van der Waals surface area contributed by atoms with Gasteiger partial charge in [0.05, 0.1) is 0 Å². The van der Waals surface area contributed by atoms with Crippen LogP contribution in [0.4, 0.5) is 5.82 Å². The zero-order valence-corrected chi connectivity index (χ0v) is 9.42. The van der Waals surface area contributed by atoms with Crippen LogP contribution in [0.2, 0.25) is 0 Å². The summed E-state index contributed by atoms with van der Waals surface area (Å²) in [4.78, 5) is 12.8. The van der Waals surface area contributed by atoms with Gasteiger partial charge in [-0.15, -0.1) is 10.2 Å². The predicted molar refractivity (Wildman–Crippen MR) is 59.6 cm³/mol. The SMILES string of the molecule is CC1CC(C)N(c2ccc(C(=O)O)nn2)C1. The summed E-state index contributed by atoms with van der Waals surface area (Å²) in [5.74, 6) is 0.375. The first-order chi connectivity index (χ1) is 7.58. The first-order valence-corrected chi connectivity index (χ1v) is 5.41. The Bertz CT molecular complexity index is 391. The topological polar surface area (TPSA) is 66.3 Å². The molecule has 16 heavy (non-hydrogen) atoms.